The smallest absolute Gasteiger partial charge is 0.423 e. The van der Waals surface area contributed by atoms with Crippen LogP contribution in [0.3, 0.4) is 0 Å². The van der Waals surface area contributed by atoms with Crippen molar-refractivity contribution in [2.24, 2.45) is 0 Å². The fourth-order valence-electron chi connectivity index (χ4n) is 4.25. The van der Waals surface area contributed by atoms with Crippen LogP contribution in [-0.2, 0) is 26.9 Å². The third kappa shape index (κ3) is 5.73. The van der Waals surface area contributed by atoms with Crippen molar-refractivity contribution in [1.82, 2.24) is 0 Å². The number of aryl methyl sites for hydroxylation is 1. The molecule has 0 fully saturated rings. The summed E-state index contributed by atoms with van der Waals surface area (Å²) in [7, 11) is 1.41. The number of hydrogen-bond acceptors (Lipinski definition) is 6. The number of carbonyl (C=O) groups is 2. The summed E-state index contributed by atoms with van der Waals surface area (Å²) in [6, 6.07) is 13.5. The SMILES string of the molecule is C=C(C)C(=O)OCCCc1ccc(-c2ccc3c(oc4c(C(F)(F)F)c(OC(=O)C(=C)C)ccc43)c2OC)cc1. The minimum atomic E-state index is -4.87. The van der Waals surface area contributed by atoms with Gasteiger partial charge in [0.1, 0.15) is 11.3 Å². The van der Waals surface area contributed by atoms with Gasteiger partial charge in [-0.25, -0.2) is 9.59 Å². The van der Waals surface area contributed by atoms with Crippen LogP contribution in [0, 0.1) is 0 Å². The number of carbonyl (C=O) groups excluding carboxylic acids is 2. The van der Waals surface area contributed by atoms with Crippen molar-refractivity contribution in [1.29, 1.82) is 0 Å². The Kier molecular flexibility index (Phi) is 8.04. The maximum absolute atomic E-state index is 14.2. The molecule has 4 aromatic rings. The summed E-state index contributed by atoms with van der Waals surface area (Å²) >= 11 is 0. The molecule has 0 unspecified atom stereocenters. The van der Waals surface area contributed by atoms with Gasteiger partial charge in [-0.2, -0.15) is 13.2 Å². The highest BCUT2D eigenvalue weighted by molar-refractivity contribution is 6.10. The van der Waals surface area contributed by atoms with E-state index in [9.17, 15) is 22.8 Å². The molecule has 0 saturated heterocycles. The molecule has 0 amide bonds. The molecule has 0 saturated carbocycles. The molecular formula is C31H27F3O6. The van der Waals surface area contributed by atoms with E-state index in [1.165, 1.54) is 20.1 Å². The Morgan fingerprint density at radius 1 is 0.875 bits per heavy atom. The molecule has 0 aliphatic carbocycles. The van der Waals surface area contributed by atoms with E-state index in [0.717, 1.165) is 17.2 Å². The molecule has 9 heteroatoms. The zero-order chi connectivity index (χ0) is 29.2. The van der Waals surface area contributed by atoms with Crippen molar-refractivity contribution in [2.45, 2.75) is 32.9 Å². The van der Waals surface area contributed by atoms with Crippen molar-refractivity contribution >= 4 is 33.9 Å². The first-order valence-corrected chi connectivity index (χ1v) is 12.4. The highest BCUT2D eigenvalue weighted by Crippen LogP contribution is 2.47. The lowest BCUT2D eigenvalue weighted by Gasteiger charge is -2.13. The predicted molar refractivity (Wildman–Crippen MR) is 145 cm³/mol. The molecule has 40 heavy (non-hydrogen) atoms. The van der Waals surface area contributed by atoms with Crippen LogP contribution >= 0.6 is 0 Å². The maximum atomic E-state index is 14.2. The average molecular weight is 553 g/mol. The van der Waals surface area contributed by atoms with Gasteiger partial charge in [0.25, 0.3) is 0 Å². The number of alkyl halides is 3. The Bertz CT molecular complexity index is 1630. The first kappa shape index (κ1) is 28.5. The lowest BCUT2D eigenvalue weighted by atomic mass is 9.99. The molecule has 0 atom stereocenters. The van der Waals surface area contributed by atoms with E-state index < -0.39 is 35.0 Å². The van der Waals surface area contributed by atoms with Crippen LogP contribution in [0.4, 0.5) is 13.2 Å². The summed E-state index contributed by atoms with van der Waals surface area (Å²) in [5, 5.41) is 0.616. The second-order valence-electron chi connectivity index (χ2n) is 9.32. The minimum absolute atomic E-state index is 0.0404. The van der Waals surface area contributed by atoms with Gasteiger partial charge in [-0.15, -0.1) is 0 Å². The molecule has 0 bridgehead atoms. The molecule has 0 aliphatic rings. The average Bonchev–Trinajstić information content (AvgIpc) is 3.28. The van der Waals surface area contributed by atoms with E-state index in [0.29, 0.717) is 29.4 Å². The number of fused-ring (bicyclic) bond motifs is 3. The number of esters is 2. The zero-order valence-electron chi connectivity index (χ0n) is 22.2. The Morgan fingerprint density at radius 2 is 1.50 bits per heavy atom. The quantitative estimate of drug-likeness (QED) is 0.0912. The van der Waals surface area contributed by atoms with Crippen molar-refractivity contribution in [3.63, 3.8) is 0 Å². The van der Waals surface area contributed by atoms with E-state index in [2.05, 4.69) is 13.2 Å². The summed E-state index contributed by atoms with van der Waals surface area (Å²) in [5.41, 5.74) is 1.19. The van der Waals surface area contributed by atoms with Gasteiger partial charge < -0.3 is 18.6 Å². The van der Waals surface area contributed by atoms with Gasteiger partial charge in [0.2, 0.25) is 0 Å². The number of ether oxygens (including phenoxy) is 3. The maximum Gasteiger partial charge on any atom is 0.423 e. The van der Waals surface area contributed by atoms with Gasteiger partial charge in [0, 0.05) is 27.5 Å². The molecule has 0 N–H and O–H groups in total. The molecule has 3 aromatic carbocycles. The molecule has 208 valence electrons. The van der Waals surface area contributed by atoms with Gasteiger partial charge >= 0.3 is 18.1 Å². The highest BCUT2D eigenvalue weighted by atomic mass is 19.4. The molecule has 0 radical (unpaired) electrons. The van der Waals surface area contributed by atoms with Crippen molar-refractivity contribution < 1.29 is 41.4 Å². The van der Waals surface area contributed by atoms with Gasteiger partial charge in [0.05, 0.1) is 13.7 Å². The summed E-state index contributed by atoms with van der Waals surface area (Å²) in [6.45, 7) is 10.2. The third-order valence-corrected chi connectivity index (χ3v) is 6.22. The van der Waals surface area contributed by atoms with Gasteiger partial charge in [-0.1, -0.05) is 37.4 Å². The summed E-state index contributed by atoms with van der Waals surface area (Å²) in [5.74, 6) is -1.80. The summed E-state index contributed by atoms with van der Waals surface area (Å²) in [4.78, 5) is 23.5. The number of furan rings is 1. The van der Waals surface area contributed by atoms with E-state index in [1.54, 1.807) is 19.1 Å². The molecule has 0 aliphatic heterocycles. The lowest BCUT2D eigenvalue weighted by Crippen LogP contribution is -2.14. The first-order chi connectivity index (χ1) is 18.9. The van der Waals surface area contributed by atoms with Crippen LogP contribution < -0.4 is 9.47 Å². The van der Waals surface area contributed by atoms with Crippen LogP contribution in [0.15, 0.2) is 77.3 Å². The zero-order valence-corrected chi connectivity index (χ0v) is 22.2. The van der Waals surface area contributed by atoms with E-state index >= 15 is 0 Å². The third-order valence-electron chi connectivity index (χ3n) is 6.22. The minimum Gasteiger partial charge on any atom is -0.492 e. The van der Waals surface area contributed by atoms with Crippen LogP contribution in [0.2, 0.25) is 0 Å². The number of rotatable bonds is 9. The standard InChI is InChI=1S/C31H27F3O6/c1-17(2)29(35)38-16-6-7-19-8-10-20(11-9-19)21-12-13-23-22-14-15-24(39-30(36)18(3)4)25(31(32,33)34)26(22)40-28(23)27(21)37-5/h8-15H,1,3,6-7,16H2,2,4-5H3. The predicted octanol–water partition coefficient (Wildman–Crippen LogP) is 7.81. The summed E-state index contributed by atoms with van der Waals surface area (Å²) in [6.07, 6.45) is -3.55. The molecular weight excluding hydrogens is 525 g/mol. The Balaban J connectivity index is 1.70. The highest BCUT2D eigenvalue weighted by Gasteiger charge is 2.39. The Labute approximate surface area is 228 Å². The van der Waals surface area contributed by atoms with E-state index in [1.807, 2.05) is 24.3 Å². The van der Waals surface area contributed by atoms with Gasteiger partial charge in [-0.05, 0) is 62.1 Å². The molecule has 4 rings (SSSR count). The normalized spacial score (nSPS) is 11.4. The Morgan fingerprint density at radius 3 is 2.10 bits per heavy atom. The molecule has 1 heterocycles. The molecule has 6 nitrogen and oxygen atoms in total. The molecule has 0 spiro atoms. The van der Waals surface area contributed by atoms with Gasteiger partial charge in [0.15, 0.2) is 16.9 Å². The van der Waals surface area contributed by atoms with Crippen LogP contribution in [-0.4, -0.2) is 25.7 Å². The van der Waals surface area contributed by atoms with Crippen LogP contribution in [0.1, 0.15) is 31.4 Å². The number of hydrogen-bond donors (Lipinski definition) is 0. The number of benzene rings is 3. The molecule has 1 aromatic heterocycles. The van der Waals surface area contributed by atoms with Crippen molar-refractivity contribution in [2.75, 3.05) is 13.7 Å². The fourth-order valence-corrected chi connectivity index (χ4v) is 4.25. The van der Waals surface area contributed by atoms with E-state index in [-0.39, 0.29) is 28.9 Å². The van der Waals surface area contributed by atoms with Crippen molar-refractivity contribution in [3.05, 3.63) is 84.0 Å². The van der Waals surface area contributed by atoms with E-state index in [4.69, 9.17) is 18.6 Å². The largest absolute Gasteiger partial charge is 0.492 e. The second-order valence-corrected chi connectivity index (χ2v) is 9.32. The monoisotopic (exact) mass is 552 g/mol. The summed E-state index contributed by atoms with van der Waals surface area (Å²) < 4.78 is 64.0. The van der Waals surface area contributed by atoms with Crippen LogP contribution in [0.5, 0.6) is 11.5 Å². The van der Waals surface area contributed by atoms with Crippen molar-refractivity contribution in [3.8, 4) is 22.6 Å². The number of halogens is 3. The van der Waals surface area contributed by atoms with Crippen LogP contribution in [0.25, 0.3) is 33.1 Å². The lowest BCUT2D eigenvalue weighted by molar-refractivity contribution is -0.141. The fraction of sp³-hybridized carbons (Fsp3) is 0.226. The number of methoxy groups -OCH3 is 1. The topological polar surface area (TPSA) is 75.0 Å². The first-order valence-electron chi connectivity index (χ1n) is 12.4. The Hall–Kier alpha value is -4.53. The second kappa shape index (κ2) is 11.3. The van der Waals surface area contributed by atoms with Gasteiger partial charge in [-0.3, -0.25) is 0 Å².